The average Bonchev–Trinajstić information content (AvgIpc) is 2.53. The van der Waals surface area contributed by atoms with Gasteiger partial charge in [-0.2, -0.15) is 0 Å². The number of para-hydroxylation sites is 1. The SMILES string of the molecule is O=C(/C=C/c1ccccc1Cl)N1CCCc2ccccc21. The summed E-state index contributed by atoms with van der Waals surface area (Å²) >= 11 is 6.10. The standard InChI is InChI=1S/C18H16ClNO/c19-16-9-3-1-6-14(16)11-12-18(21)20-13-5-8-15-7-2-4-10-17(15)20/h1-4,6-7,9-12H,5,8,13H2/b12-11+. The zero-order chi connectivity index (χ0) is 14.7. The Kier molecular flexibility index (Phi) is 4.07. The highest BCUT2D eigenvalue weighted by Gasteiger charge is 2.20. The molecule has 0 saturated heterocycles. The van der Waals surface area contributed by atoms with Crippen LogP contribution in [0.2, 0.25) is 5.02 Å². The van der Waals surface area contributed by atoms with Crippen molar-refractivity contribution < 1.29 is 4.79 Å². The van der Waals surface area contributed by atoms with E-state index in [0.29, 0.717) is 5.02 Å². The maximum Gasteiger partial charge on any atom is 0.250 e. The molecular formula is C18H16ClNO. The maximum atomic E-state index is 12.4. The third-order valence-corrected chi connectivity index (χ3v) is 4.03. The van der Waals surface area contributed by atoms with Crippen LogP contribution in [0.4, 0.5) is 5.69 Å². The minimum Gasteiger partial charge on any atom is -0.309 e. The first-order valence-corrected chi connectivity index (χ1v) is 7.45. The highest BCUT2D eigenvalue weighted by atomic mass is 35.5. The molecule has 2 aromatic rings. The first kappa shape index (κ1) is 13.9. The lowest BCUT2D eigenvalue weighted by Crippen LogP contribution is -2.34. The fourth-order valence-electron chi connectivity index (χ4n) is 2.62. The lowest BCUT2D eigenvalue weighted by Gasteiger charge is -2.28. The van der Waals surface area contributed by atoms with E-state index in [4.69, 9.17) is 11.6 Å². The topological polar surface area (TPSA) is 20.3 Å². The van der Waals surface area contributed by atoms with Crippen molar-refractivity contribution in [1.82, 2.24) is 0 Å². The summed E-state index contributed by atoms with van der Waals surface area (Å²) in [7, 11) is 0. The summed E-state index contributed by atoms with van der Waals surface area (Å²) in [6.45, 7) is 0.767. The van der Waals surface area contributed by atoms with Crippen molar-refractivity contribution in [1.29, 1.82) is 0 Å². The van der Waals surface area contributed by atoms with Crippen molar-refractivity contribution in [3.63, 3.8) is 0 Å². The lowest BCUT2D eigenvalue weighted by atomic mass is 10.0. The summed E-state index contributed by atoms with van der Waals surface area (Å²) in [5.41, 5.74) is 3.12. The molecule has 2 aromatic carbocycles. The van der Waals surface area contributed by atoms with Gasteiger partial charge in [0.25, 0.3) is 5.91 Å². The average molecular weight is 298 g/mol. The van der Waals surface area contributed by atoms with Gasteiger partial charge in [0.1, 0.15) is 0 Å². The van der Waals surface area contributed by atoms with E-state index >= 15 is 0 Å². The number of rotatable bonds is 2. The predicted octanol–water partition coefficient (Wildman–Crippen LogP) is 4.33. The zero-order valence-electron chi connectivity index (χ0n) is 11.6. The second-order valence-electron chi connectivity index (χ2n) is 5.08. The van der Waals surface area contributed by atoms with Gasteiger partial charge in [-0.25, -0.2) is 0 Å². The molecule has 0 aliphatic carbocycles. The Morgan fingerprint density at radius 2 is 1.86 bits per heavy atom. The molecular weight excluding hydrogens is 282 g/mol. The Balaban J connectivity index is 1.82. The van der Waals surface area contributed by atoms with Crippen LogP contribution in [-0.4, -0.2) is 12.5 Å². The number of aryl methyl sites for hydroxylation is 1. The van der Waals surface area contributed by atoms with E-state index in [2.05, 4.69) is 6.07 Å². The molecule has 0 saturated carbocycles. The summed E-state index contributed by atoms with van der Waals surface area (Å²) in [6, 6.07) is 15.6. The fourth-order valence-corrected chi connectivity index (χ4v) is 2.82. The third kappa shape index (κ3) is 3.01. The molecule has 1 aliphatic rings. The summed E-state index contributed by atoms with van der Waals surface area (Å²) in [4.78, 5) is 14.3. The summed E-state index contributed by atoms with van der Waals surface area (Å²) in [5.74, 6) is 0.00192. The van der Waals surface area contributed by atoms with Gasteiger partial charge >= 0.3 is 0 Å². The first-order valence-electron chi connectivity index (χ1n) is 7.08. The van der Waals surface area contributed by atoms with Crippen LogP contribution in [0.5, 0.6) is 0 Å². The van der Waals surface area contributed by atoms with Crippen LogP contribution in [0.15, 0.2) is 54.6 Å². The lowest BCUT2D eigenvalue weighted by molar-refractivity contribution is -0.114. The highest BCUT2D eigenvalue weighted by Crippen LogP contribution is 2.27. The van der Waals surface area contributed by atoms with E-state index in [0.717, 1.165) is 30.6 Å². The number of halogens is 1. The van der Waals surface area contributed by atoms with Gasteiger partial charge in [-0.3, -0.25) is 4.79 Å². The molecule has 0 N–H and O–H groups in total. The Labute approximate surface area is 129 Å². The van der Waals surface area contributed by atoms with Gasteiger partial charge in [0.05, 0.1) is 0 Å². The van der Waals surface area contributed by atoms with Crippen molar-refractivity contribution >= 4 is 29.3 Å². The Bertz CT molecular complexity index is 693. The van der Waals surface area contributed by atoms with Gasteiger partial charge in [0.15, 0.2) is 0 Å². The number of fused-ring (bicyclic) bond motifs is 1. The van der Waals surface area contributed by atoms with E-state index < -0.39 is 0 Å². The van der Waals surface area contributed by atoms with Crippen molar-refractivity contribution in [2.75, 3.05) is 11.4 Å². The molecule has 21 heavy (non-hydrogen) atoms. The largest absolute Gasteiger partial charge is 0.309 e. The van der Waals surface area contributed by atoms with Crippen LogP contribution in [0.1, 0.15) is 17.5 Å². The minimum absolute atomic E-state index is 0.00192. The molecule has 0 fully saturated rings. The molecule has 0 spiro atoms. The summed E-state index contributed by atoms with van der Waals surface area (Å²) in [6.07, 6.45) is 5.42. The molecule has 2 nitrogen and oxygen atoms in total. The molecule has 3 heteroatoms. The number of hydrogen-bond acceptors (Lipinski definition) is 1. The molecule has 3 rings (SSSR count). The van der Waals surface area contributed by atoms with E-state index in [1.807, 2.05) is 47.4 Å². The van der Waals surface area contributed by atoms with Crippen molar-refractivity contribution in [3.8, 4) is 0 Å². The Morgan fingerprint density at radius 1 is 1.10 bits per heavy atom. The van der Waals surface area contributed by atoms with Crippen LogP contribution in [-0.2, 0) is 11.2 Å². The quantitative estimate of drug-likeness (QED) is 0.755. The Morgan fingerprint density at radius 3 is 2.71 bits per heavy atom. The maximum absolute atomic E-state index is 12.4. The fraction of sp³-hybridized carbons (Fsp3) is 0.167. The van der Waals surface area contributed by atoms with E-state index in [-0.39, 0.29) is 5.91 Å². The molecule has 106 valence electrons. The normalized spacial score (nSPS) is 14.2. The van der Waals surface area contributed by atoms with Crippen molar-refractivity contribution in [3.05, 3.63) is 70.8 Å². The highest BCUT2D eigenvalue weighted by molar-refractivity contribution is 6.32. The summed E-state index contributed by atoms with van der Waals surface area (Å²) < 4.78 is 0. The molecule has 1 amide bonds. The number of benzene rings is 2. The molecule has 1 aliphatic heterocycles. The van der Waals surface area contributed by atoms with Gasteiger partial charge < -0.3 is 4.90 Å². The van der Waals surface area contributed by atoms with Gasteiger partial charge in [-0.1, -0.05) is 48.0 Å². The smallest absolute Gasteiger partial charge is 0.250 e. The van der Waals surface area contributed by atoms with Gasteiger partial charge in [0.2, 0.25) is 0 Å². The molecule has 0 bridgehead atoms. The van der Waals surface area contributed by atoms with Crippen molar-refractivity contribution in [2.24, 2.45) is 0 Å². The van der Waals surface area contributed by atoms with E-state index in [1.54, 1.807) is 12.2 Å². The minimum atomic E-state index is 0.00192. The number of hydrogen-bond donors (Lipinski definition) is 0. The zero-order valence-corrected chi connectivity index (χ0v) is 12.4. The Hall–Kier alpha value is -2.06. The predicted molar refractivity (Wildman–Crippen MR) is 87.6 cm³/mol. The monoisotopic (exact) mass is 297 g/mol. The second kappa shape index (κ2) is 6.15. The van der Waals surface area contributed by atoms with Crippen LogP contribution < -0.4 is 4.90 Å². The molecule has 0 unspecified atom stereocenters. The van der Waals surface area contributed by atoms with Crippen LogP contribution in [0, 0.1) is 0 Å². The number of carbonyl (C=O) groups is 1. The third-order valence-electron chi connectivity index (χ3n) is 3.69. The molecule has 1 heterocycles. The van der Waals surface area contributed by atoms with Gasteiger partial charge in [-0.05, 0) is 42.2 Å². The summed E-state index contributed by atoms with van der Waals surface area (Å²) in [5, 5.41) is 0.653. The van der Waals surface area contributed by atoms with Gasteiger partial charge in [0, 0.05) is 23.3 Å². The number of nitrogens with zero attached hydrogens (tertiary/aromatic N) is 1. The van der Waals surface area contributed by atoms with Crippen LogP contribution >= 0.6 is 11.6 Å². The van der Waals surface area contributed by atoms with E-state index in [1.165, 1.54) is 5.56 Å². The molecule has 0 atom stereocenters. The number of amides is 1. The second-order valence-corrected chi connectivity index (χ2v) is 5.48. The first-order chi connectivity index (χ1) is 10.3. The van der Waals surface area contributed by atoms with E-state index in [9.17, 15) is 4.79 Å². The number of carbonyl (C=O) groups excluding carboxylic acids is 1. The van der Waals surface area contributed by atoms with Gasteiger partial charge in [-0.15, -0.1) is 0 Å². The molecule has 0 radical (unpaired) electrons. The van der Waals surface area contributed by atoms with Crippen LogP contribution in [0.3, 0.4) is 0 Å². The van der Waals surface area contributed by atoms with Crippen molar-refractivity contribution in [2.45, 2.75) is 12.8 Å². The number of anilines is 1. The molecule has 0 aromatic heterocycles. The van der Waals surface area contributed by atoms with Crippen LogP contribution in [0.25, 0.3) is 6.08 Å².